The van der Waals surface area contributed by atoms with E-state index in [1.54, 1.807) is 0 Å². The standard InChI is InChI=1S/C11H19N3O/c1-9(2)14-7-10(5-12-14)6-13-4-3-11(15)8-13/h5,7,9,11,15H,3-4,6,8H2,1-2H3/t11-/m1/s1. The number of hydrogen-bond donors (Lipinski definition) is 1. The Balaban J connectivity index is 1.93. The molecule has 1 atom stereocenters. The van der Waals surface area contributed by atoms with Crippen molar-refractivity contribution in [2.75, 3.05) is 13.1 Å². The number of aliphatic hydroxyl groups is 1. The third kappa shape index (κ3) is 2.58. The SMILES string of the molecule is CC(C)n1cc(CN2CC[C@@H](O)C2)cn1. The molecule has 4 nitrogen and oxygen atoms in total. The van der Waals surface area contributed by atoms with Crippen LogP contribution < -0.4 is 0 Å². The first-order valence-electron chi connectivity index (χ1n) is 5.58. The lowest BCUT2D eigenvalue weighted by Crippen LogP contribution is -2.21. The molecule has 0 spiro atoms. The molecule has 2 heterocycles. The van der Waals surface area contributed by atoms with Crippen LogP contribution in [0.3, 0.4) is 0 Å². The van der Waals surface area contributed by atoms with Gasteiger partial charge in [-0.2, -0.15) is 5.10 Å². The number of β-amino-alcohol motifs (C(OH)–C–C–N with tert-alkyl or cyclic N) is 1. The Kier molecular flexibility index (Phi) is 3.07. The van der Waals surface area contributed by atoms with Gasteiger partial charge in [0.2, 0.25) is 0 Å². The Hall–Kier alpha value is -0.870. The first-order valence-corrected chi connectivity index (χ1v) is 5.58. The lowest BCUT2D eigenvalue weighted by molar-refractivity contribution is 0.175. The van der Waals surface area contributed by atoms with E-state index in [-0.39, 0.29) is 6.10 Å². The maximum Gasteiger partial charge on any atom is 0.0679 e. The summed E-state index contributed by atoms with van der Waals surface area (Å²) in [4.78, 5) is 2.27. The first kappa shape index (κ1) is 10.6. The van der Waals surface area contributed by atoms with Crippen LogP contribution in [0.25, 0.3) is 0 Å². The van der Waals surface area contributed by atoms with Gasteiger partial charge in [0.05, 0.1) is 12.3 Å². The quantitative estimate of drug-likeness (QED) is 0.808. The summed E-state index contributed by atoms with van der Waals surface area (Å²) in [7, 11) is 0. The molecule has 1 aromatic heterocycles. The molecule has 0 aromatic carbocycles. The first-order chi connectivity index (χ1) is 7.15. The van der Waals surface area contributed by atoms with Gasteiger partial charge in [-0.05, 0) is 20.3 Å². The number of nitrogens with zero attached hydrogens (tertiary/aromatic N) is 3. The molecule has 1 aliphatic heterocycles. The van der Waals surface area contributed by atoms with E-state index in [1.165, 1.54) is 5.56 Å². The zero-order valence-electron chi connectivity index (χ0n) is 9.43. The zero-order valence-corrected chi connectivity index (χ0v) is 9.43. The van der Waals surface area contributed by atoms with Gasteiger partial charge in [-0.1, -0.05) is 0 Å². The van der Waals surface area contributed by atoms with Gasteiger partial charge >= 0.3 is 0 Å². The lowest BCUT2D eigenvalue weighted by atomic mass is 10.3. The van der Waals surface area contributed by atoms with E-state index >= 15 is 0 Å². The number of hydrogen-bond acceptors (Lipinski definition) is 3. The summed E-state index contributed by atoms with van der Waals surface area (Å²) < 4.78 is 1.97. The average molecular weight is 209 g/mol. The minimum atomic E-state index is -0.134. The van der Waals surface area contributed by atoms with Crippen LogP contribution in [0.5, 0.6) is 0 Å². The van der Waals surface area contributed by atoms with E-state index in [0.717, 1.165) is 26.1 Å². The van der Waals surface area contributed by atoms with Crippen molar-refractivity contribution < 1.29 is 5.11 Å². The zero-order chi connectivity index (χ0) is 10.8. The molecule has 0 amide bonds. The monoisotopic (exact) mass is 209 g/mol. The van der Waals surface area contributed by atoms with Gasteiger partial charge in [0, 0.05) is 37.4 Å². The summed E-state index contributed by atoms with van der Waals surface area (Å²) in [5.74, 6) is 0. The molecular formula is C11H19N3O. The third-order valence-electron chi connectivity index (χ3n) is 2.84. The van der Waals surface area contributed by atoms with E-state index in [1.807, 2.05) is 10.9 Å². The van der Waals surface area contributed by atoms with Crippen molar-refractivity contribution in [2.24, 2.45) is 0 Å². The molecule has 84 valence electrons. The molecule has 4 heteroatoms. The fourth-order valence-corrected chi connectivity index (χ4v) is 1.96. The largest absolute Gasteiger partial charge is 0.392 e. The molecule has 1 fully saturated rings. The van der Waals surface area contributed by atoms with Crippen LogP contribution in [-0.2, 0) is 6.54 Å². The van der Waals surface area contributed by atoms with Crippen LogP contribution in [0.4, 0.5) is 0 Å². The second-order valence-electron chi connectivity index (χ2n) is 4.60. The second kappa shape index (κ2) is 4.33. The Morgan fingerprint density at radius 1 is 1.60 bits per heavy atom. The van der Waals surface area contributed by atoms with Crippen molar-refractivity contribution >= 4 is 0 Å². The van der Waals surface area contributed by atoms with Crippen molar-refractivity contribution in [1.82, 2.24) is 14.7 Å². The molecule has 0 unspecified atom stereocenters. The lowest BCUT2D eigenvalue weighted by Gasteiger charge is -2.12. The molecule has 1 N–H and O–H groups in total. The van der Waals surface area contributed by atoms with Crippen LogP contribution >= 0.6 is 0 Å². The van der Waals surface area contributed by atoms with E-state index in [4.69, 9.17) is 0 Å². The van der Waals surface area contributed by atoms with E-state index in [2.05, 4.69) is 30.0 Å². The fourth-order valence-electron chi connectivity index (χ4n) is 1.96. The number of likely N-dealkylation sites (tertiary alicyclic amines) is 1. The Bertz CT molecular complexity index is 321. The molecular weight excluding hydrogens is 190 g/mol. The van der Waals surface area contributed by atoms with E-state index in [9.17, 15) is 5.11 Å². The fraction of sp³-hybridized carbons (Fsp3) is 0.727. The van der Waals surface area contributed by atoms with Crippen LogP contribution in [0.2, 0.25) is 0 Å². The normalized spacial score (nSPS) is 22.8. The third-order valence-corrected chi connectivity index (χ3v) is 2.84. The molecule has 1 aliphatic rings. The minimum Gasteiger partial charge on any atom is -0.392 e. The highest BCUT2D eigenvalue weighted by Crippen LogP contribution is 2.13. The summed E-state index contributed by atoms with van der Waals surface area (Å²) in [6, 6.07) is 0.419. The van der Waals surface area contributed by atoms with E-state index in [0.29, 0.717) is 6.04 Å². The predicted octanol–water partition coefficient (Wildman–Crippen LogP) is 1.03. The van der Waals surface area contributed by atoms with E-state index < -0.39 is 0 Å². The predicted molar refractivity (Wildman–Crippen MR) is 58.5 cm³/mol. The van der Waals surface area contributed by atoms with Gasteiger partial charge in [-0.25, -0.2) is 0 Å². The number of rotatable bonds is 3. The van der Waals surface area contributed by atoms with Crippen molar-refractivity contribution in [3.05, 3.63) is 18.0 Å². The number of aliphatic hydroxyl groups excluding tert-OH is 1. The molecule has 1 aromatic rings. The molecule has 0 saturated carbocycles. The Labute approximate surface area is 90.5 Å². The van der Waals surface area contributed by atoms with Gasteiger partial charge in [-0.15, -0.1) is 0 Å². The Morgan fingerprint density at radius 3 is 2.93 bits per heavy atom. The molecule has 0 radical (unpaired) electrons. The van der Waals surface area contributed by atoms with Gasteiger partial charge in [0.1, 0.15) is 0 Å². The average Bonchev–Trinajstić information content (AvgIpc) is 2.76. The highest BCUT2D eigenvalue weighted by Gasteiger charge is 2.20. The molecule has 15 heavy (non-hydrogen) atoms. The van der Waals surface area contributed by atoms with Gasteiger partial charge in [0.25, 0.3) is 0 Å². The minimum absolute atomic E-state index is 0.134. The van der Waals surface area contributed by atoms with Crippen LogP contribution in [0.15, 0.2) is 12.4 Å². The Morgan fingerprint density at radius 2 is 2.40 bits per heavy atom. The van der Waals surface area contributed by atoms with Gasteiger partial charge in [0.15, 0.2) is 0 Å². The maximum absolute atomic E-state index is 9.41. The van der Waals surface area contributed by atoms with Crippen LogP contribution in [0, 0.1) is 0 Å². The van der Waals surface area contributed by atoms with Crippen molar-refractivity contribution in [3.8, 4) is 0 Å². The molecule has 1 saturated heterocycles. The van der Waals surface area contributed by atoms with Crippen LogP contribution in [-0.4, -0.2) is 39.0 Å². The van der Waals surface area contributed by atoms with Gasteiger partial charge < -0.3 is 5.11 Å². The van der Waals surface area contributed by atoms with Crippen LogP contribution in [0.1, 0.15) is 31.9 Å². The van der Waals surface area contributed by atoms with Crippen molar-refractivity contribution in [2.45, 2.75) is 39.0 Å². The molecule has 0 aliphatic carbocycles. The summed E-state index contributed by atoms with van der Waals surface area (Å²) in [6.07, 6.45) is 4.78. The topological polar surface area (TPSA) is 41.3 Å². The maximum atomic E-state index is 9.41. The molecule has 2 rings (SSSR count). The smallest absolute Gasteiger partial charge is 0.0679 e. The highest BCUT2D eigenvalue weighted by molar-refractivity contribution is 5.04. The highest BCUT2D eigenvalue weighted by atomic mass is 16.3. The van der Waals surface area contributed by atoms with Crippen molar-refractivity contribution in [3.63, 3.8) is 0 Å². The number of aromatic nitrogens is 2. The summed E-state index contributed by atoms with van der Waals surface area (Å²) in [5, 5.41) is 13.7. The van der Waals surface area contributed by atoms with Gasteiger partial charge in [-0.3, -0.25) is 9.58 Å². The second-order valence-corrected chi connectivity index (χ2v) is 4.60. The summed E-state index contributed by atoms with van der Waals surface area (Å²) >= 11 is 0. The summed E-state index contributed by atoms with van der Waals surface area (Å²) in [5.41, 5.74) is 1.23. The van der Waals surface area contributed by atoms with Crippen molar-refractivity contribution in [1.29, 1.82) is 0 Å². The summed E-state index contributed by atoms with van der Waals surface area (Å²) in [6.45, 7) is 6.94. The molecule has 0 bridgehead atoms.